The van der Waals surface area contributed by atoms with Gasteiger partial charge in [0.2, 0.25) is 11.8 Å². The van der Waals surface area contributed by atoms with Crippen LogP contribution in [-0.2, 0) is 29.6 Å². The topological polar surface area (TPSA) is 87.9 Å². The number of rotatable bonds is 6. The molecule has 0 fully saturated rings. The van der Waals surface area contributed by atoms with E-state index in [9.17, 15) is 9.59 Å². The summed E-state index contributed by atoms with van der Waals surface area (Å²) >= 11 is 0. The molecule has 0 unspecified atom stereocenters. The minimum Gasteiger partial charge on any atom is -0.361 e. The van der Waals surface area contributed by atoms with Gasteiger partial charge in [-0.1, -0.05) is 29.8 Å². The Morgan fingerprint density at radius 3 is 2.89 bits per heavy atom. The summed E-state index contributed by atoms with van der Waals surface area (Å²) in [6.07, 6.45) is 5.10. The molecular formula is C28H28N6O2. The molecule has 6 rings (SSSR count). The lowest BCUT2D eigenvalue weighted by molar-refractivity contribution is -0.124. The molecule has 1 aliphatic heterocycles. The molecule has 36 heavy (non-hydrogen) atoms. The largest absolute Gasteiger partial charge is 0.361 e. The van der Waals surface area contributed by atoms with Crippen molar-refractivity contribution in [2.75, 3.05) is 18.0 Å². The predicted octanol–water partition coefficient (Wildman–Crippen LogP) is 3.93. The van der Waals surface area contributed by atoms with E-state index in [1.807, 2.05) is 36.1 Å². The molecule has 0 radical (unpaired) electrons. The van der Waals surface area contributed by atoms with Crippen LogP contribution in [0.1, 0.15) is 17.5 Å². The van der Waals surface area contributed by atoms with E-state index in [1.54, 1.807) is 4.90 Å². The van der Waals surface area contributed by atoms with Gasteiger partial charge in [-0.3, -0.25) is 14.5 Å². The summed E-state index contributed by atoms with van der Waals surface area (Å²) in [5.41, 5.74) is 6.40. The number of hydrogen-bond donors (Lipinski definition) is 2. The number of carbonyl (C=O) groups is 2. The molecule has 1 aliphatic rings. The highest BCUT2D eigenvalue weighted by Crippen LogP contribution is 2.33. The summed E-state index contributed by atoms with van der Waals surface area (Å²) in [6.45, 7) is 3.07. The minimum atomic E-state index is -0.180. The zero-order valence-electron chi connectivity index (χ0n) is 20.4. The number of benzene rings is 2. The average Bonchev–Trinajstić information content (AvgIpc) is 3.57. The Labute approximate surface area is 208 Å². The van der Waals surface area contributed by atoms with Gasteiger partial charge in [-0.15, -0.1) is 0 Å². The molecule has 2 N–H and O–H groups in total. The first-order chi connectivity index (χ1) is 17.5. The Bertz CT molecular complexity index is 1620. The number of nitrogens with one attached hydrogen (secondary N) is 2. The van der Waals surface area contributed by atoms with Gasteiger partial charge in [0.1, 0.15) is 12.4 Å². The van der Waals surface area contributed by atoms with E-state index in [2.05, 4.69) is 58.3 Å². The van der Waals surface area contributed by atoms with Crippen LogP contribution in [0.15, 0.2) is 60.9 Å². The normalized spacial score (nSPS) is 13.5. The quantitative estimate of drug-likeness (QED) is 0.386. The Balaban J connectivity index is 1.17. The lowest BCUT2D eigenvalue weighted by atomic mass is 10.1. The maximum Gasteiger partial charge on any atom is 0.240 e. The van der Waals surface area contributed by atoms with Crippen molar-refractivity contribution in [3.63, 3.8) is 0 Å². The van der Waals surface area contributed by atoms with Crippen LogP contribution >= 0.6 is 0 Å². The second-order valence-corrected chi connectivity index (χ2v) is 9.47. The molecule has 0 spiro atoms. The van der Waals surface area contributed by atoms with Gasteiger partial charge < -0.3 is 14.9 Å². The number of aryl methyl sites for hydroxylation is 3. The standard InChI is InChI=1S/C28H28N6O2/c1-18-7-8-23-21(13-18)19(15-30-23)9-11-29-26(35)17-33-27-14-24(31-34(27)12-10-28(33)36)22-16-32(2)25-6-4-3-5-20(22)25/h3-8,13-16,30H,9-12,17H2,1-2H3,(H,29,35). The Morgan fingerprint density at radius 2 is 2.00 bits per heavy atom. The van der Waals surface area contributed by atoms with E-state index in [0.29, 0.717) is 31.7 Å². The summed E-state index contributed by atoms with van der Waals surface area (Å²) in [4.78, 5) is 30.5. The van der Waals surface area contributed by atoms with Crippen LogP contribution in [0, 0.1) is 6.92 Å². The zero-order valence-corrected chi connectivity index (χ0v) is 20.4. The monoisotopic (exact) mass is 480 g/mol. The number of aromatic amines is 1. The van der Waals surface area contributed by atoms with Gasteiger partial charge in [0.05, 0.1) is 12.2 Å². The number of carbonyl (C=O) groups excluding carboxylic acids is 2. The number of nitrogens with zero attached hydrogens (tertiary/aromatic N) is 4. The third-order valence-corrected chi connectivity index (χ3v) is 6.99. The Kier molecular flexibility index (Phi) is 5.36. The molecule has 0 saturated carbocycles. The van der Waals surface area contributed by atoms with Crippen LogP contribution in [0.2, 0.25) is 0 Å². The maximum absolute atomic E-state index is 12.8. The molecule has 0 saturated heterocycles. The van der Waals surface area contributed by atoms with Crippen LogP contribution in [0.3, 0.4) is 0 Å². The summed E-state index contributed by atoms with van der Waals surface area (Å²) in [6, 6.07) is 16.4. The molecule has 5 aromatic rings. The van der Waals surface area contributed by atoms with Crippen molar-refractivity contribution in [3.05, 3.63) is 72.1 Å². The lowest BCUT2D eigenvalue weighted by Gasteiger charge is -2.26. The van der Waals surface area contributed by atoms with Crippen LogP contribution < -0.4 is 10.2 Å². The maximum atomic E-state index is 12.8. The minimum absolute atomic E-state index is 0.0213. The van der Waals surface area contributed by atoms with Gasteiger partial charge in [0.25, 0.3) is 0 Å². The lowest BCUT2D eigenvalue weighted by Crippen LogP contribution is -2.44. The first-order valence-corrected chi connectivity index (χ1v) is 12.2. The van der Waals surface area contributed by atoms with Crippen molar-refractivity contribution in [3.8, 4) is 11.3 Å². The number of amides is 2. The van der Waals surface area contributed by atoms with Gasteiger partial charge >= 0.3 is 0 Å². The number of hydrogen-bond acceptors (Lipinski definition) is 3. The number of aromatic nitrogens is 4. The van der Waals surface area contributed by atoms with Crippen molar-refractivity contribution in [1.29, 1.82) is 0 Å². The molecule has 2 aromatic carbocycles. The highest BCUT2D eigenvalue weighted by molar-refractivity contribution is 6.00. The summed E-state index contributed by atoms with van der Waals surface area (Å²) in [5.74, 6) is 0.422. The van der Waals surface area contributed by atoms with E-state index in [4.69, 9.17) is 5.10 Å². The highest BCUT2D eigenvalue weighted by atomic mass is 16.2. The third kappa shape index (κ3) is 3.84. The molecule has 0 atom stereocenters. The Morgan fingerprint density at radius 1 is 1.14 bits per heavy atom. The highest BCUT2D eigenvalue weighted by Gasteiger charge is 2.28. The van der Waals surface area contributed by atoms with Gasteiger partial charge in [0, 0.05) is 65.8 Å². The molecule has 0 aliphatic carbocycles. The molecule has 8 heteroatoms. The Hall–Kier alpha value is -4.33. The summed E-state index contributed by atoms with van der Waals surface area (Å²) in [7, 11) is 2.01. The SMILES string of the molecule is Cc1ccc2[nH]cc(CCNC(=O)CN3C(=O)CCn4nc(-c5cn(C)c6ccccc56)cc43)c2c1. The van der Waals surface area contributed by atoms with Crippen LogP contribution in [0.4, 0.5) is 5.82 Å². The van der Waals surface area contributed by atoms with E-state index in [0.717, 1.165) is 27.7 Å². The average molecular weight is 481 g/mol. The molecule has 0 bridgehead atoms. The second-order valence-electron chi connectivity index (χ2n) is 9.47. The van der Waals surface area contributed by atoms with Crippen molar-refractivity contribution in [2.24, 2.45) is 7.05 Å². The number of para-hydroxylation sites is 1. The third-order valence-electron chi connectivity index (χ3n) is 6.99. The van der Waals surface area contributed by atoms with Crippen LogP contribution in [0.5, 0.6) is 0 Å². The number of anilines is 1. The van der Waals surface area contributed by atoms with E-state index < -0.39 is 0 Å². The summed E-state index contributed by atoms with van der Waals surface area (Å²) in [5, 5.41) is 10.1. The van der Waals surface area contributed by atoms with Crippen molar-refractivity contribution in [1.82, 2.24) is 24.6 Å². The molecule has 182 valence electrons. The van der Waals surface area contributed by atoms with E-state index in [-0.39, 0.29) is 18.4 Å². The van der Waals surface area contributed by atoms with Gasteiger partial charge in [-0.2, -0.15) is 5.10 Å². The first kappa shape index (κ1) is 22.2. The van der Waals surface area contributed by atoms with Crippen LogP contribution in [0.25, 0.3) is 33.1 Å². The molecule has 3 aromatic heterocycles. The summed E-state index contributed by atoms with van der Waals surface area (Å²) < 4.78 is 3.91. The van der Waals surface area contributed by atoms with Crippen molar-refractivity contribution >= 4 is 39.4 Å². The zero-order chi connectivity index (χ0) is 24.8. The smallest absolute Gasteiger partial charge is 0.240 e. The fourth-order valence-electron chi connectivity index (χ4n) is 5.13. The second kappa shape index (κ2) is 8.71. The first-order valence-electron chi connectivity index (χ1n) is 12.2. The molecule has 8 nitrogen and oxygen atoms in total. The van der Waals surface area contributed by atoms with Crippen molar-refractivity contribution < 1.29 is 9.59 Å². The van der Waals surface area contributed by atoms with Gasteiger partial charge in [-0.05, 0) is 37.1 Å². The van der Waals surface area contributed by atoms with Crippen molar-refractivity contribution in [2.45, 2.75) is 26.3 Å². The number of H-pyrrole nitrogens is 1. The van der Waals surface area contributed by atoms with E-state index in [1.165, 1.54) is 16.5 Å². The molecular weight excluding hydrogens is 452 g/mol. The fourth-order valence-corrected chi connectivity index (χ4v) is 5.13. The van der Waals surface area contributed by atoms with E-state index >= 15 is 0 Å². The molecule has 2 amide bonds. The number of fused-ring (bicyclic) bond motifs is 3. The fraction of sp³-hybridized carbons (Fsp3) is 0.250. The van der Waals surface area contributed by atoms with Gasteiger partial charge in [-0.25, -0.2) is 4.68 Å². The van der Waals surface area contributed by atoms with Crippen LogP contribution in [-0.4, -0.2) is 44.2 Å². The molecule has 4 heterocycles. The predicted molar refractivity (Wildman–Crippen MR) is 141 cm³/mol. The van der Waals surface area contributed by atoms with Gasteiger partial charge in [0.15, 0.2) is 0 Å².